The summed E-state index contributed by atoms with van der Waals surface area (Å²) >= 11 is 0. The van der Waals surface area contributed by atoms with Crippen LogP contribution in [-0.2, 0) is 24.8 Å². The molecule has 0 radical (unpaired) electrons. The number of hydrogen-bond donors (Lipinski definition) is 1. The van der Waals surface area contributed by atoms with E-state index in [9.17, 15) is 14.3 Å². The van der Waals surface area contributed by atoms with E-state index < -0.39 is 13.9 Å². The van der Waals surface area contributed by atoms with Crippen molar-refractivity contribution < 1.29 is 28.0 Å². The molecule has 3 atom stereocenters. The maximum Gasteiger partial charge on any atom is 0.472 e. The Morgan fingerprint density at radius 2 is 1.50 bits per heavy atom. The van der Waals surface area contributed by atoms with Gasteiger partial charge in [-0.2, -0.15) is 0 Å². The van der Waals surface area contributed by atoms with Gasteiger partial charge in [-0.05, 0) is 63.4 Å². The van der Waals surface area contributed by atoms with Crippen molar-refractivity contribution in [2.75, 3.05) is 33.9 Å². The van der Waals surface area contributed by atoms with Crippen LogP contribution in [0.15, 0.2) is 24.3 Å². The smallest absolute Gasteiger partial charge is 0.472 e. The molecule has 0 heterocycles. The number of hydrogen-bond acceptors (Lipinski definition) is 6. The fraction of sp³-hybridized carbons (Fsp3) is 0.781. The molecule has 1 aromatic rings. The van der Waals surface area contributed by atoms with Crippen molar-refractivity contribution in [3.05, 3.63) is 29.8 Å². The van der Waals surface area contributed by atoms with Crippen LogP contribution in [-0.4, -0.2) is 55.5 Å². The molecule has 0 saturated heterocycles. The fourth-order valence-electron chi connectivity index (χ4n) is 4.79. The summed E-state index contributed by atoms with van der Waals surface area (Å²) in [6, 6.07) is 7.93. The molecule has 8 heteroatoms. The number of nitrogens with zero attached hydrogens (tertiary/aromatic N) is 1. The summed E-state index contributed by atoms with van der Waals surface area (Å²) in [5, 5.41) is 0. The summed E-state index contributed by atoms with van der Waals surface area (Å²) in [6.07, 6.45) is 15.3. The minimum absolute atomic E-state index is 0.0153. The van der Waals surface area contributed by atoms with Crippen LogP contribution in [0.1, 0.15) is 116 Å². The Bertz CT molecular complexity index is 816. The van der Waals surface area contributed by atoms with E-state index >= 15 is 0 Å². The van der Waals surface area contributed by atoms with E-state index in [0.717, 1.165) is 30.8 Å². The van der Waals surface area contributed by atoms with Crippen molar-refractivity contribution in [2.45, 2.75) is 123 Å². The molecule has 0 aliphatic heterocycles. The van der Waals surface area contributed by atoms with Gasteiger partial charge in [-0.15, -0.1) is 0 Å². The highest BCUT2D eigenvalue weighted by Crippen LogP contribution is 2.45. The predicted molar refractivity (Wildman–Crippen MR) is 165 cm³/mol. The van der Waals surface area contributed by atoms with Gasteiger partial charge in [0, 0.05) is 19.4 Å². The molecule has 232 valence electrons. The number of rotatable bonds is 26. The SMILES string of the molecule is CCCCCCCCCCCCOc1ccc(CC(COP(=O)(O)OC(CC)CN(C)C)CC(=O)CCC)cc1. The highest BCUT2D eigenvalue weighted by Gasteiger charge is 2.28. The molecule has 0 spiro atoms. The zero-order chi connectivity index (χ0) is 29.6. The maximum atomic E-state index is 12.6. The van der Waals surface area contributed by atoms with E-state index in [1.807, 2.05) is 57.1 Å². The highest BCUT2D eigenvalue weighted by molar-refractivity contribution is 7.47. The Morgan fingerprint density at radius 3 is 2.05 bits per heavy atom. The summed E-state index contributed by atoms with van der Waals surface area (Å²) in [6.45, 7) is 7.37. The first-order chi connectivity index (χ1) is 19.2. The topological polar surface area (TPSA) is 85.3 Å². The lowest BCUT2D eigenvalue weighted by atomic mass is 9.94. The first-order valence-electron chi connectivity index (χ1n) is 15.7. The van der Waals surface area contributed by atoms with E-state index in [-0.39, 0.29) is 18.3 Å². The third-order valence-electron chi connectivity index (χ3n) is 7.04. The fourth-order valence-corrected chi connectivity index (χ4v) is 5.84. The first-order valence-corrected chi connectivity index (χ1v) is 17.2. The maximum absolute atomic E-state index is 12.6. The van der Waals surface area contributed by atoms with Crippen molar-refractivity contribution >= 4 is 13.6 Å². The van der Waals surface area contributed by atoms with Gasteiger partial charge in [0.15, 0.2) is 0 Å². The van der Waals surface area contributed by atoms with E-state index in [2.05, 4.69) is 6.92 Å². The molecule has 1 rings (SSSR count). The summed E-state index contributed by atoms with van der Waals surface area (Å²) in [5.41, 5.74) is 1.04. The molecule has 0 aliphatic carbocycles. The molecule has 0 saturated carbocycles. The van der Waals surface area contributed by atoms with Gasteiger partial charge < -0.3 is 14.5 Å². The minimum Gasteiger partial charge on any atom is -0.494 e. The Kier molecular flexibility index (Phi) is 20.6. The molecule has 1 N–H and O–H groups in total. The molecule has 0 amide bonds. The van der Waals surface area contributed by atoms with Crippen LogP contribution in [0.25, 0.3) is 0 Å². The second-order valence-electron chi connectivity index (χ2n) is 11.4. The van der Waals surface area contributed by atoms with Gasteiger partial charge in [-0.25, -0.2) is 4.57 Å². The van der Waals surface area contributed by atoms with Crippen LogP contribution in [0.2, 0.25) is 0 Å². The Hall–Kier alpha value is -1.24. The lowest BCUT2D eigenvalue weighted by Crippen LogP contribution is -2.27. The Labute approximate surface area is 245 Å². The van der Waals surface area contributed by atoms with Crippen LogP contribution in [0.5, 0.6) is 5.75 Å². The zero-order valence-corrected chi connectivity index (χ0v) is 27.0. The average molecular weight is 584 g/mol. The number of likely N-dealkylation sites (N-methyl/N-ethyl adjacent to an activating group) is 1. The molecular formula is C32H58NO6P. The van der Waals surface area contributed by atoms with Crippen molar-refractivity contribution in [3.63, 3.8) is 0 Å². The number of carbonyl (C=O) groups is 1. The van der Waals surface area contributed by atoms with Crippen molar-refractivity contribution in [3.8, 4) is 5.75 Å². The minimum atomic E-state index is -4.24. The molecule has 40 heavy (non-hydrogen) atoms. The number of benzene rings is 1. The summed E-state index contributed by atoms with van der Waals surface area (Å²) in [5.74, 6) is 0.769. The van der Waals surface area contributed by atoms with Crippen LogP contribution in [0.3, 0.4) is 0 Å². The van der Waals surface area contributed by atoms with E-state index in [1.54, 1.807) is 0 Å². The van der Waals surface area contributed by atoms with Crippen molar-refractivity contribution in [1.82, 2.24) is 4.90 Å². The number of phosphoric ester groups is 1. The number of ether oxygens (including phenoxy) is 1. The molecule has 3 unspecified atom stereocenters. The highest BCUT2D eigenvalue weighted by atomic mass is 31.2. The predicted octanol–water partition coefficient (Wildman–Crippen LogP) is 8.38. The molecule has 0 bridgehead atoms. The molecule has 0 aromatic heterocycles. The number of carbonyl (C=O) groups excluding carboxylic acids is 1. The van der Waals surface area contributed by atoms with E-state index in [1.165, 1.54) is 57.8 Å². The molecule has 1 aromatic carbocycles. The number of unbranched alkanes of at least 4 members (excludes halogenated alkanes) is 9. The Morgan fingerprint density at radius 1 is 0.900 bits per heavy atom. The second-order valence-corrected chi connectivity index (χ2v) is 12.8. The monoisotopic (exact) mass is 583 g/mol. The number of phosphoric acid groups is 1. The van der Waals surface area contributed by atoms with Crippen LogP contribution in [0.4, 0.5) is 0 Å². The lowest BCUT2D eigenvalue weighted by molar-refractivity contribution is -0.120. The standard InChI is InChI=1S/C32H58NO6P/c1-6-9-10-11-12-13-14-15-16-17-23-37-32-21-19-28(20-22-32)24-29(25-30(34)18-7-2)27-38-40(35,36)39-31(8-3)26-33(4)5/h19-22,29,31H,6-18,23-27H2,1-5H3,(H,35,36). The molecule has 0 fully saturated rings. The van der Waals surface area contributed by atoms with Crippen molar-refractivity contribution in [2.24, 2.45) is 5.92 Å². The summed E-state index contributed by atoms with van der Waals surface area (Å²) < 4.78 is 29.3. The van der Waals surface area contributed by atoms with Crippen LogP contribution in [0, 0.1) is 5.92 Å². The first kappa shape index (κ1) is 36.8. The summed E-state index contributed by atoms with van der Waals surface area (Å²) in [4.78, 5) is 24.6. The largest absolute Gasteiger partial charge is 0.494 e. The second kappa shape index (κ2) is 22.4. The van der Waals surface area contributed by atoms with Gasteiger partial charge in [0.25, 0.3) is 0 Å². The molecular weight excluding hydrogens is 525 g/mol. The van der Waals surface area contributed by atoms with E-state index in [0.29, 0.717) is 32.2 Å². The average Bonchev–Trinajstić information content (AvgIpc) is 2.90. The van der Waals surface area contributed by atoms with Crippen molar-refractivity contribution in [1.29, 1.82) is 0 Å². The van der Waals surface area contributed by atoms with Crippen LogP contribution < -0.4 is 4.74 Å². The quantitative estimate of drug-likeness (QED) is 0.0866. The van der Waals surface area contributed by atoms with E-state index in [4.69, 9.17) is 13.8 Å². The third-order valence-corrected chi connectivity index (χ3v) is 8.08. The van der Waals surface area contributed by atoms with Gasteiger partial charge in [-0.3, -0.25) is 13.8 Å². The zero-order valence-electron chi connectivity index (χ0n) is 26.1. The number of ketones is 1. The van der Waals surface area contributed by atoms with Gasteiger partial charge >= 0.3 is 7.82 Å². The molecule has 7 nitrogen and oxygen atoms in total. The lowest BCUT2D eigenvalue weighted by Gasteiger charge is -2.24. The molecule has 0 aliphatic rings. The van der Waals surface area contributed by atoms with Crippen LogP contribution >= 0.6 is 7.82 Å². The van der Waals surface area contributed by atoms with Gasteiger partial charge in [0.05, 0.1) is 19.3 Å². The third kappa shape index (κ3) is 19.0. The summed E-state index contributed by atoms with van der Waals surface area (Å²) in [7, 11) is -0.460. The van der Waals surface area contributed by atoms with Gasteiger partial charge in [0.1, 0.15) is 11.5 Å². The Balaban J connectivity index is 2.49. The normalized spacial score (nSPS) is 14.7. The van der Waals surface area contributed by atoms with Gasteiger partial charge in [-0.1, -0.05) is 90.7 Å². The number of Topliss-reactive ketones (excluding diaryl/α,β-unsaturated/α-hetero) is 1. The van der Waals surface area contributed by atoms with Gasteiger partial charge in [0.2, 0.25) is 0 Å².